The minimum atomic E-state index is -1.20. The van der Waals surface area contributed by atoms with Crippen LogP contribution >= 0.6 is 11.8 Å². The Hall–Kier alpha value is -2.75. The number of nitrogens with zero attached hydrogens (tertiary/aromatic N) is 1. The molecule has 4 N–H and O–H groups in total. The smallest absolute Gasteiger partial charge is 0.415 e. The molecule has 0 saturated heterocycles. The predicted molar refractivity (Wildman–Crippen MR) is 123 cm³/mol. The molecule has 1 aromatic carbocycles. The molecule has 0 aliphatic heterocycles. The SMILES string of the molecule is COC(=O)N(C)C(=O)CCCNC(=O)[C@@H](C(=O)O)[C@H](CSc1ccc(N)cc1)CC(C)C. The maximum absolute atomic E-state index is 12.7. The summed E-state index contributed by atoms with van der Waals surface area (Å²) < 4.78 is 4.48. The van der Waals surface area contributed by atoms with Crippen molar-refractivity contribution in [1.29, 1.82) is 0 Å². The summed E-state index contributed by atoms with van der Waals surface area (Å²) in [5.41, 5.74) is 6.35. The summed E-state index contributed by atoms with van der Waals surface area (Å²) in [5, 5.41) is 12.4. The zero-order valence-corrected chi connectivity index (χ0v) is 19.8. The van der Waals surface area contributed by atoms with E-state index in [2.05, 4.69) is 10.1 Å². The summed E-state index contributed by atoms with van der Waals surface area (Å²) >= 11 is 1.49. The van der Waals surface area contributed by atoms with Crippen LogP contribution in [0.2, 0.25) is 0 Å². The highest BCUT2D eigenvalue weighted by molar-refractivity contribution is 7.99. The standard InChI is InChI=1S/C22H33N3O6S/c1-14(2)12-15(13-32-17-9-7-16(23)8-10-17)19(21(28)29)20(27)24-11-5-6-18(26)25(3)22(30)31-4/h7-10,14-15,19H,5-6,11-13,23H2,1-4H3,(H,24,27)(H,28,29)/t15-,19-/m0/s1. The molecular formula is C22H33N3O6S. The number of benzene rings is 1. The number of nitrogens with one attached hydrogen (secondary N) is 1. The van der Waals surface area contributed by atoms with Gasteiger partial charge in [-0.2, -0.15) is 0 Å². The van der Waals surface area contributed by atoms with Gasteiger partial charge < -0.3 is 20.9 Å². The van der Waals surface area contributed by atoms with Crippen molar-refractivity contribution in [2.75, 3.05) is 32.2 Å². The van der Waals surface area contributed by atoms with Crippen LogP contribution in [0.25, 0.3) is 0 Å². The normalized spacial score (nSPS) is 12.7. The molecule has 10 heteroatoms. The van der Waals surface area contributed by atoms with Crippen LogP contribution in [0.5, 0.6) is 0 Å². The van der Waals surface area contributed by atoms with Crippen LogP contribution in [-0.2, 0) is 19.1 Å². The Bertz CT molecular complexity index is 784. The van der Waals surface area contributed by atoms with Crippen LogP contribution in [0.3, 0.4) is 0 Å². The van der Waals surface area contributed by atoms with Gasteiger partial charge in [0.05, 0.1) is 7.11 Å². The summed E-state index contributed by atoms with van der Waals surface area (Å²) in [6, 6.07) is 7.29. The predicted octanol–water partition coefficient (Wildman–Crippen LogP) is 2.85. The van der Waals surface area contributed by atoms with Crippen LogP contribution in [0, 0.1) is 17.8 Å². The third kappa shape index (κ3) is 9.17. The van der Waals surface area contributed by atoms with Gasteiger partial charge in [-0.3, -0.25) is 19.3 Å². The van der Waals surface area contributed by atoms with Crippen molar-refractivity contribution in [1.82, 2.24) is 10.2 Å². The summed E-state index contributed by atoms with van der Waals surface area (Å²) in [6.45, 7) is 4.10. The molecule has 2 atom stereocenters. The number of carboxylic acids is 1. The number of imide groups is 1. The van der Waals surface area contributed by atoms with Crippen molar-refractivity contribution < 1.29 is 29.0 Å². The van der Waals surface area contributed by atoms with Crippen molar-refractivity contribution in [3.63, 3.8) is 0 Å². The average molecular weight is 468 g/mol. The molecule has 0 heterocycles. The lowest BCUT2D eigenvalue weighted by molar-refractivity contribution is -0.149. The van der Waals surface area contributed by atoms with E-state index < -0.39 is 29.8 Å². The third-order valence-electron chi connectivity index (χ3n) is 4.83. The Morgan fingerprint density at radius 2 is 1.81 bits per heavy atom. The van der Waals surface area contributed by atoms with Gasteiger partial charge in [0.2, 0.25) is 11.8 Å². The number of carbonyl (C=O) groups is 4. The molecule has 178 valence electrons. The molecule has 0 spiro atoms. The van der Waals surface area contributed by atoms with E-state index in [0.29, 0.717) is 17.9 Å². The molecule has 0 unspecified atom stereocenters. The molecular weight excluding hydrogens is 434 g/mol. The largest absolute Gasteiger partial charge is 0.481 e. The molecule has 0 radical (unpaired) electrons. The van der Waals surface area contributed by atoms with Crippen LogP contribution in [0.15, 0.2) is 29.2 Å². The molecule has 0 bridgehead atoms. The number of carboxylic acid groups (broad SMARTS) is 1. The number of ether oxygens (including phenoxy) is 1. The Morgan fingerprint density at radius 3 is 2.34 bits per heavy atom. The van der Waals surface area contributed by atoms with Gasteiger partial charge in [0.25, 0.3) is 0 Å². The number of aliphatic carboxylic acids is 1. The lowest BCUT2D eigenvalue weighted by Gasteiger charge is -2.25. The summed E-state index contributed by atoms with van der Waals surface area (Å²) in [7, 11) is 2.49. The summed E-state index contributed by atoms with van der Waals surface area (Å²) in [4.78, 5) is 49.7. The highest BCUT2D eigenvalue weighted by Gasteiger charge is 2.35. The van der Waals surface area contributed by atoms with Crippen LogP contribution in [0.4, 0.5) is 10.5 Å². The van der Waals surface area contributed by atoms with Crippen molar-refractivity contribution >= 4 is 41.3 Å². The number of carbonyl (C=O) groups excluding carboxylic acids is 3. The molecule has 3 amide bonds. The fourth-order valence-electron chi connectivity index (χ4n) is 3.17. The molecule has 9 nitrogen and oxygen atoms in total. The number of hydrogen-bond acceptors (Lipinski definition) is 7. The first-order chi connectivity index (χ1) is 15.1. The Balaban J connectivity index is 2.70. The van der Waals surface area contributed by atoms with Gasteiger partial charge in [0.15, 0.2) is 0 Å². The first-order valence-electron chi connectivity index (χ1n) is 10.4. The van der Waals surface area contributed by atoms with Gasteiger partial charge in [-0.05, 0) is 48.9 Å². The molecule has 0 fully saturated rings. The minimum absolute atomic E-state index is 0.0199. The van der Waals surface area contributed by atoms with Gasteiger partial charge >= 0.3 is 12.1 Å². The van der Waals surface area contributed by atoms with E-state index in [4.69, 9.17) is 5.73 Å². The molecule has 1 rings (SSSR count). The maximum Gasteiger partial charge on any atom is 0.415 e. The maximum atomic E-state index is 12.7. The number of thioether (sulfide) groups is 1. The van der Waals surface area contributed by atoms with E-state index >= 15 is 0 Å². The highest BCUT2D eigenvalue weighted by Crippen LogP contribution is 2.30. The molecule has 0 aliphatic carbocycles. The molecule has 0 aliphatic rings. The zero-order chi connectivity index (χ0) is 24.3. The van der Waals surface area contributed by atoms with Crippen molar-refractivity contribution in [3.05, 3.63) is 24.3 Å². The lowest BCUT2D eigenvalue weighted by atomic mass is 9.86. The van der Waals surface area contributed by atoms with Gasteiger partial charge in [0.1, 0.15) is 5.92 Å². The second kappa shape index (κ2) is 13.6. The Labute approximate surface area is 193 Å². The second-order valence-electron chi connectivity index (χ2n) is 7.90. The highest BCUT2D eigenvalue weighted by atomic mass is 32.2. The Morgan fingerprint density at radius 1 is 1.19 bits per heavy atom. The summed E-state index contributed by atoms with van der Waals surface area (Å²) in [5.74, 6) is -3.09. The summed E-state index contributed by atoms with van der Waals surface area (Å²) in [6.07, 6.45) is 0.105. The number of methoxy groups -OCH3 is 1. The fraction of sp³-hybridized carbons (Fsp3) is 0.545. The first kappa shape index (κ1) is 27.3. The zero-order valence-electron chi connectivity index (χ0n) is 19.0. The van der Waals surface area contributed by atoms with Crippen molar-refractivity contribution in [2.24, 2.45) is 17.8 Å². The first-order valence-corrected chi connectivity index (χ1v) is 11.4. The van der Waals surface area contributed by atoms with Gasteiger partial charge in [-0.25, -0.2) is 4.79 Å². The molecule has 32 heavy (non-hydrogen) atoms. The molecule has 0 aromatic heterocycles. The van der Waals surface area contributed by atoms with E-state index in [-0.39, 0.29) is 31.2 Å². The number of amides is 3. The van der Waals surface area contributed by atoms with E-state index in [1.807, 2.05) is 26.0 Å². The van der Waals surface area contributed by atoms with Gasteiger partial charge in [-0.1, -0.05) is 13.8 Å². The number of anilines is 1. The van der Waals surface area contributed by atoms with E-state index in [1.54, 1.807) is 12.1 Å². The van der Waals surface area contributed by atoms with E-state index in [0.717, 1.165) is 9.80 Å². The topological polar surface area (TPSA) is 139 Å². The minimum Gasteiger partial charge on any atom is -0.481 e. The average Bonchev–Trinajstić information content (AvgIpc) is 2.74. The fourth-order valence-corrected chi connectivity index (χ4v) is 4.23. The second-order valence-corrected chi connectivity index (χ2v) is 9.00. The number of nitrogens with two attached hydrogens (primary N) is 1. The van der Waals surface area contributed by atoms with E-state index in [9.17, 15) is 24.3 Å². The number of rotatable bonds is 12. The van der Waals surface area contributed by atoms with Gasteiger partial charge in [0, 0.05) is 36.3 Å². The quantitative estimate of drug-likeness (QED) is 0.185. The van der Waals surface area contributed by atoms with Crippen LogP contribution in [0.1, 0.15) is 33.1 Å². The van der Waals surface area contributed by atoms with Crippen LogP contribution in [-0.4, -0.2) is 60.3 Å². The number of nitrogen functional groups attached to an aromatic ring is 1. The van der Waals surface area contributed by atoms with Crippen molar-refractivity contribution in [3.8, 4) is 0 Å². The van der Waals surface area contributed by atoms with E-state index in [1.165, 1.54) is 25.9 Å². The van der Waals surface area contributed by atoms with Gasteiger partial charge in [-0.15, -0.1) is 11.8 Å². The third-order valence-corrected chi connectivity index (χ3v) is 6.03. The molecule has 1 aromatic rings. The molecule has 0 saturated carbocycles. The Kier molecular flexibility index (Phi) is 11.6. The van der Waals surface area contributed by atoms with Crippen molar-refractivity contribution in [2.45, 2.75) is 38.0 Å². The monoisotopic (exact) mass is 467 g/mol. The lowest BCUT2D eigenvalue weighted by Crippen LogP contribution is -2.41. The number of hydrogen-bond donors (Lipinski definition) is 3. The van der Waals surface area contributed by atoms with Crippen LogP contribution < -0.4 is 11.1 Å².